The molecule has 4 rings (SSSR count). The number of carbonyl (C=O) groups excluding carboxylic acids is 1. The molecule has 0 radical (unpaired) electrons. The monoisotopic (exact) mass is 408 g/mol. The summed E-state index contributed by atoms with van der Waals surface area (Å²) in [6.07, 6.45) is 2.51. The summed E-state index contributed by atoms with van der Waals surface area (Å²) in [6.45, 7) is 4.20. The summed E-state index contributed by atoms with van der Waals surface area (Å²) in [5, 5.41) is 0.358. The molecule has 6 heteroatoms. The van der Waals surface area contributed by atoms with E-state index in [1.165, 1.54) is 13.4 Å². The number of ether oxygens (including phenoxy) is 3. The fraction of sp³-hybridized carbons (Fsp3) is 0.333. The molecule has 1 aromatic heterocycles. The second-order valence-corrected chi connectivity index (χ2v) is 7.91. The molecule has 156 valence electrons. The zero-order chi connectivity index (χ0) is 21.4. The van der Waals surface area contributed by atoms with Crippen molar-refractivity contribution in [1.82, 2.24) is 0 Å². The van der Waals surface area contributed by atoms with E-state index < -0.39 is 0 Å². The van der Waals surface area contributed by atoms with Crippen LogP contribution in [0.3, 0.4) is 0 Å². The fourth-order valence-electron chi connectivity index (χ4n) is 4.11. The average Bonchev–Trinajstić information content (AvgIpc) is 2.72. The van der Waals surface area contributed by atoms with Crippen molar-refractivity contribution in [1.29, 1.82) is 0 Å². The van der Waals surface area contributed by atoms with Crippen LogP contribution in [0.1, 0.15) is 38.2 Å². The average molecular weight is 408 g/mol. The van der Waals surface area contributed by atoms with Crippen molar-refractivity contribution < 1.29 is 23.4 Å². The van der Waals surface area contributed by atoms with Gasteiger partial charge in [0.2, 0.25) is 5.43 Å². The number of esters is 1. The van der Waals surface area contributed by atoms with E-state index in [1.54, 1.807) is 25.3 Å². The van der Waals surface area contributed by atoms with Crippen LogP contribution >= 0.6 is 0 Å². The van der Waals surface area contributed by atoms with Gasteiger partial charge in [-0.3, -0.25) is 9.59 Å². The van der Waals surface area contributed by atoms with E-state index >= 15 is 0 Å². The Morgan fingerprint density at radius 2 is 1.83 bits per heavy atom. The Balaban J connectivity index is 1.96. The van der Waals surface area contributed by atoms with E-state index in [2.05, 4.69) is 13.8 Å². The van der Waals surface area contributed by atoms with Crippen LogP contribution in [0.2, 0.25) is 0 Å². The Morgan fingerprint density at radius 1 is 1.10 bits per heavy atom. The summed E-state index contributed by atoms with van der Waals surface area (Å²) >= 11 is 0. The largest absolute Gasteiger partial charge is 0.497 e. The second kappa shape index (κ2) is 7.86. The summed E-state index contributed by atoms with van der Waals surface area (Å²) < 4.78 is 22.2. The Bertz CT molecular complexity index is 1160. The molecule has 0 unspecified atom stereocenters. The Kier molecular flexibility index (Phi) is 5.24. The van der Waals surface area contributed by atoms with Gasteiger partial charge in [0.05, 0.1) is 26.2 Å². The lowest BCUT2D eigenvalue weighted by Gasteiger charge is -2.27. The van der Waals surface area contributed by atoms with E-state index in [-0.39, 0.29) is 23.7 Å². The van der Waals surface area contributed by atoms with Crippen molar-refractivity contribution in [2.75, 3.05) is 14.2 Å². The van der Waals surface area contributed by atoms with Gasteiger partial charge in [0, 0.05) is 17.5 Å². The van der Waals surface area contributed by atoms with E-state index in [1.807, 2.05) is 12.1 Å². The predicted molar refractivity (Wildman–Crippen MR) is 113 cm³/mol. The van der Waals surface area contributed by atoms with Crippen LogP contribution in [0, 0.1) is 5.92 Å². The smallest absolute Gasteiger partial charge is 0.311 e. The van der Waals surface area contributed by atoms with E-state index in [4.69, 9.17) is 18.6 Å². The van der Waals surface area contributed by atoms with Gasteiger partial charge < -0.3 is 18.6 Å². The normalized spacial score (nSPS) is 15.8. The van der Waals surface area contributed by atoms with Crippen molar-refractivity contribution >= 4 is 16.9 Å². The summed E-state index contributed by atoms with van der Waals surface area (Å²) in [5.41, 5.74) is 2.14. The van der Waals surface area contributed by atoms with Crippen LogP contribution < -0.4 is 19.6 Å². The van der Waals surface area contributed by atoms with Gasteiger partial charge in [-0.1, -0.05) is 26.0 Å². The van der Waals surface area contributed by atoms with E-state index in [0.29, 0.717) is 39.7 Å². The third-order valence-electron chi connectivity index (χ3n) is 5.43. The number of methoxy groups -OCH3 is 2. The van der Waals surface area contributed by atoms with Gasteiger partial charge in [-0.15, -0.1) is 0 Å². The van der Waals surface area contributed by atoms with Gasteiger partial charge in [0.25, 0.3) is 0 Å². The maximum absolute atomic E-state index is 13.5. The second-order valence-electron chi connectivity index (χ2n) is 7.91. The molecule has 1 aliphatic heterocycles. The summed E-state index contributed by atoms with van der Waals surface area (Å²) in [7, 11) is 3.07. The summed E-state index contributed by atoms with van der Waals surface area (Å²) in [4.78, 5) is 25.6. The van der Waals surface area contributed by atoms with E-state index in [0.717, 1.165) is 17.5 Å². The number of hydrogen-bond donors (Lipinski definition) is 0. The van der Waals surface area contributed by atoms with Gasteiger partial charge in [-0.2, -0.15) is 0 Å². The maximum atomic E-state index is 13.5. The van der Waals surface area contributed by atoms with Gasteiger partial charge in [0.1, 0.15) is 34.5 Å². The van der Waals surface area contributed by atoms with Crippen molar-refractivity contribution in [2.45, 2.75) is 32.6 Å². The molecule has 2 heterocycles. The Hall–Kier alpha value is -3.28. The highest BCUT2D eigenvalue weighted by atomic mass is 16.5. The fourth-order valence-corrected chi connectivity index (χ4v) is 4.11. The van der Waals surface area contributed by atoms with Crippen LogP contribution in [0.25, 0.3) is 22.1 Å². The molecule has 1 atom stereocenters. The lowest BCUT2D eigenvalue weighted by molar-refractivity contribution is -0.136. The van der Waals surface area contributed by atoms with Crippen molar-refractivity contribution in [2.24, 2.45) is 5.92 Å². The highest BCUT2D eigenvalue weighted by molar-refractivity contribution is 5.93. The minimum Gasteiger partial charge on any atom is -0.497 e. The molecule has 0 fully saturated rings. The lowest BCUT2D eigenvalue weighted by Crippen LogP contribution is -2.22. The van der Waals surface area contributed by atoms with Gasteiger partial charge in [-0.05, 0) is 30.0 Å². The number of hydrogen-bond acceptors (Lipinski definition) is 6. The molecule has 3 aromatic rings. The molecule has 2 aromatic carbocycles. The molecule has 1 aliphatic rings. The first-order chi connectivity index (χ1) is 14.4. The molecular weight excluding hydrogens is 384 g/mol. The molecular formula is C24H24O6. The van der Waals surface area contributed by atoms with Crippen LogP contribution in [0.5, 0.6) is 17.2 Å². The first kappa shape index (κ1) is 20.0. The number of benzene rings is 2. The SMILES string of the molecule is COc1ccc(-c2coc3c4c(cc(OC)c3c2=O)OC(=O)C[C@H]4CC(C)C)cc1. The van der Waals surface area contributed by atoms with Gasteiger partial charge in [-0.25, -0.2) is 0 Å². The third-order valence-corrected chi connectivity index (χ3v) is 5.43. The maximum Gasteiger partial charge on any atom is 0.311 e. The minimum atomic E-state index is -0.285. The van der Waals surface area contributed by atoms with Crippen molar-refractivity contribution in [3.63, 3.8) is 0 Å². The molecule has 0 bridgehead atoms. The van der Waals surface area contributed by atoms with Crippen molar-refractivity contribution in [3.05, 3.63) is 52.4 Å². The zero-order valence-electron chi connectivity index (χ0n) is 17.5. The van der Waals surface area contributed by atoms with Crippen LogP contribution in [0.15, 0.2) is 45.8 Å². The lowest BCUT2D eigenvalue weighted by atomic mass is 9.84. The molecule has 0 spiro atoms. The van der Waals surface area contributed by atoms with Crippen molar-refractivity contribution in [3.8, 4) is 28.4 Å². The quantitative estimate of drug-likeness (QED) is 0.441. The topological polar surface area (TPSA) is 75.0 Å². The van der Waals surface area contributed by atoms with Gasteiger partial charge >= 0.3 is 5.97 Å². The highest BCUT2D eigenvalue weighted by Crippen LogP contribution is 2.45. The third kappa shape index (κ3) is 3.43. The molecule has 0 amide bonds. The first-order valence-corrected chi connectivity index (χ1v) is 9.94. The minimum absolute atomic E-state index is 0.0790. The van der Waals surface area contributed by atoms with Gasteiger partial charge in [0.15, 0.2) is 0 Å². The molecule has 0 saturated carbocycles. The molecule has 0 N–H and O–H groups in total. The number of fused-ring (bicyclic) bond motifs is 3. The Labute approximate surface area is 174 Å². The standard InChI is InChI=1S/C24H24O6/c1-13(2)9-15-10-20(25)30-19-11-18(28-4)22-23(26)17(12-29-24(22)21(15)19)14-5-7-16(27-3)8-6-14/h5-8,11-13,15H,9-10H2,1-4H3/t15-/m1/s1. The number of rotatable bonds is 5. The van der Waals surface area contributed by atoms with Crippen LogP contribution in [0.4, 0.5) is 0 Å². The summed E-state index contributed by atoms with van der Waals surface area (Å²) in [6, 6.07) is 8.83. The molecule has 0 saturated heterocycles. The Morgan fingerprint density at radius 3 is 2.47 bits per heavy atom. The van der Waals surface area contributed by atoms with Crippen LogP contribution in [-0.4, -0.2) is 20.2 Å². The molecule has 30 heavy (non-hydrogen) atoms. The highest BCUT2D eigenvalue weighted by Gasteiger charge is 2.33. The predicted octanol–water partition coefficient (Wildman–Crippen LogP) is 4.92. The first-order valence-electron chi connectivity index (χ1n) is 9.94. The molecule has 0 aliphatic carbocycles. The zero-order valence-corrected chi connectivity index (χ0v) is 17.5. The molecule has 6 nitrogen and oxygen atoms in total. The summed E-state index contributed by atoms with van der Waals surface area (Å²) in [5.74, 6) is 1.44. The van der Waals surface area contributed by atoms with Crippen LogP contribution in [-0.2, 0) is 4.79 Å². The number of carbonyl (C=O) groups is 1. The van der Waals surface area contributed by atoms with E-state index in [9.17, 15) is 9.59 Å².